The van der Waals surface area contributed by atoms with Gasteiger partial charge in [-0.1, -0.05) is 19.1 Å². The van der Waals surface area contributed by atoms with Gasteiger partial charge in [0.1, 0.15) is 6.61 Å². The van der Waals surface area contributed by atoms with Gasteiger partial charge in [0.2, 0.25) is 12.0 Å². The van der Waals surface area contributed by atoms with Gasteiger partial charge < -0.3 is 25.4 Å². The van der Waals surface area contributed by atoms with E-state index in [0.717, 1.165) is 12.8 Å². The zero-order valence-corrected chi connectivity index (χ0v) is 15.7. The van der Waals surface area contributed by atoms with E-state index < -0.39 is 6.10 Å². The van der Waals surface area contributed by atoms with Gasteiger partial charge in [-0.2, -0.15) is 0 Å². The lowest BCUT2D eigenvalue weighted by molar-refractivity contribution is -0.142. The van der Waals surface area contributed by atoms with E-state index in [2.05, 4.69) is 5.32 Å². The van der Waals surface area contributed by atoms with E-state index in [9.17, 15) is 9.59 Å². The van der Waals surface area contributed by atoms with Gasteiger partial charge in [-0.15, -0.1) is 12.4 Å². The average Bonchev–Trinajstić information content (AvgIpc) is 2.67. The molecule has 8 heteroatoms. The van der Waals surface area contributed by atoms with E-state index in [0.29, 0.717) is 31.1 Å². The number of hydrogen-bond acceptors (Lipinski definition) is 5. The minimum atomic E-state index is -0.613. The molecule has 0 radical (unpaired) electrons. The fourth-order valence-electron chi connectivity index (χ4n) is 3.04. The first-order valence-corrected chi connectivity index (χ1v) is 8.76. The van der Waals surface area contributed by atoms with Crippen molar-refractivity contribution in [2.45, 2.75) is 31.9 Å². The molecule has 0 saturated carbocycles. The number of hydrogen-bond donors (Lipinski definition) is 2. The monoisotopic (exact) mass is 383 g/mol. The summed E-state index contributed by atoms with van der Waals surface area (Å²) in [7, 11) is 0. The number of nitrogens with two attached hydrogens (primary N) is 1. The Bertz CT molecular complexity index is 635. The first-order chi connectivity index (χ1) is 12.1. The number of likely N-dealkylation sites (tertiary alicyclic amines) is 1. The summed E-state index contributed by atoms with van der Waals surface area (Å²) in [6, 6.07) is 7.44. The smallest absolute Gasteiger partial charge is 0.267 e. The van der Waals surface area contributed by atoms with Gasteiger partial charge >= 0.3 is 0 Å². The van der Waals surface area contributed by atoms with Crippen LogP contribution in [0.25, 0.3) is 0 Å². The molecule has 0 aliphatic carbocycles. The predicted octanol–water partition coefficient (Wildman–Crippen LogP) is 0.950. The zero-order valence-electron chi connectivity index (χ0n) is 14.8. The first kappa shape index (κ1) is 20.3. The van der Waals surface area contributed by atoms with Gasteiger partial charge in [0.15, 0.2) is 11.5 Å². The van der Waals surface area contributed by atoms with Crippen molar-refractivity contribution >= 4 is 24.2 Å². The van der Waals surface area contributed by atoms with Crippen LogP contribution >= 0.6 is 12.4 Å². The fourth-order valence-corrected chi connectivity index (χ4v) is 3.04. The molecule has 1 fully saturated rings. The number of fused-ring (bicyclic) bond motifs is 1. The van der Waals surface area contributed by atoms with Crippen LogP contribution in [-0.4, -0.2) is 55.1 Å². The molecule has 2 atom stereocenters. The molecule has 26 heavy (non-hydrogen) atoms. The Labute approximate surface area is 159 Å². The van der Waals surface area contributed by atoms with Gasteiger partial charge in [0.05, 0.1) is 0 Å². The molecule has 7 nitrogen and oxygen atoms in total. The van der Waals surface area contributed by atoms with Crippen molar-refractivity contribution in [3.63, 3.8) is 0 Å². The van der Waals surface area contributed by atoms with Crippen LogP contribution in [0.5, 0.6) is 11.5 Å². The minimum Gasteiger partial charge on any atom is -0.485 e. The molecule has 2 aliphatic rings. The highest BCUT2D eigenvalue weighted by atomic mass is 35.5. The summed E-state index contributed by atoms with van der Waals surface area (Å²) < 4.78 is 11.4. The maximum absolute atomic E-state index is 12.7. The Hall–Kier alpha value is -1.99. The molecule has 0 bridgehead atoms. The lowest BCUT2D eigenvalue weighted by Crippen LogP contribution is -2.52. The summed E-state index contributed by atoms with van der Waals surface area (Å²) in [5.41, 5.74) is 5.52. The normalized spacial score (nSPS) is 20.7. The highest BCUT2D eigenvalue weighted by molar-refractivity contribution is 5.85. The number of nitrogens with one attached hydrogen (secondary N) is 1. The Morgan fingerprint density at radius 2 is 1.92 bits per heavy atom. The summed E-state index contributed by atoms with van der Waals surface area (Å²) >= 11 is 0. The van der Waals surface area contributed by atoms with Gasteiger partial charge in [-0.3, -0.25) is 9.59 Å². The number of benzene rings is 1. The maximum Gasteiger partial charge on any atom is 0.267 e. The molecule has 1 aromatic rings. The average molecular weight is 384 g/mol. The summed E-state index contributed by atoms with van der Waals surface area (Å²) in [5, 5.41) is 3.01. The van der Waals surface area contributed by atoms with Gasteiger partial charge in [-0.05, 0) is 25.0 Å². The largest absolute Gasteiger partial charge is 0.485 e. The summed E-state index contributed by atoms with van der Waals surface area (Å²) in [6.45, 7) is 3.57. The van der Waals surface area contributed by atoms with Crippen LogP contribution < -0.4 is 20.5 Å². The Balaban J connectivity index is 0.00000243. The van der Waals surface area contributed by atoms with Gasteiger partial charge in [-0.25, -0.2) is 0 Å². The van der Waals surface area contributed by atoms with Crippen molar-refractivity contribution in [3.8, 4) is 11.5 Å². The number of piperidine rings is 1. The molecular weight excluding hydrogens is 358 g/mol. The Kier molecular flexibility index (Phi) is 7.11. The third-order valence-corrected chi connectivity index (χ3v) is 4.74. The molecular formula is C18H26ClN3O4. The zero-order chi connectivity index (χ0) is 17.8. The number of ether oxygens (including phenoxy) is 2. The quantitative estimate of drug-likeness (QED) is 0.807. The lowest BCUT2D eigenvalue weighted by Gasteiger charge is -2.35. The molecule has 1 saturated heterocycles. The summed E-state index contributed by atoms with van der Waals surface area (Å²) in [5.74, 6) is 1.00. The van der Waals surface area contributed by atoms with Crippen LogP contribution in [0.3, 0.4) is 0 Å². The fraction of sp³-hybridized carbons (Fsp3) is 0.556. The molecule has 2 aliphatic heterocycles. The summed E-state index contributed by atoms with van der Waals surface area (Å²) in [6.07, 6.45) is 0.857. The molecule has 3 N–H and O–H groups in total. The molecule has 0 spiro atoms. The van der Waals surface area contributed by atoms with Crippen molar-refractivity contribution in [1.82, 2.24) is 10.2 Å². The molecule has 2 heterocycles. The summed E-state index contributed by atoms with van der Waals surface area (Å²) in [4.78, 5) is 26.4. The standard InChI is InChI=1S/C18H25N3O4.ClH/c1-12(10-19)17(22)20-13-6-8-21(9-7-13)18(23)16-11-24-14-4-2-3-5-15(14)25-16;/h2-5,12-13,16H,6-11,19H2,1H3,(H,20,22);1H. The second-order valence-electron chi connectivity index (χ2n) is 6.61. The second kappa shape index (κ2) is 9.09. The van der Waals surface area contributed by atoms with Crippen LogP contribution in [0.1, 0.15) is 19.8 Å². The van der Waals surface area contributed by atoms with Crippen molar-refractivity contribution in [1.29, 1.82) is 0 Å². The number of para-hydroxylation sites is 2. The molecule has 1 aromatic carbocycles. The van der Waals surface area contributed by atoms with Crippen molar-refractivity contribution in [2.75, 3.05) is 26.2 Å². The minimum absolute atomic E-state index is 0. The second-order valence-corrected chi connectivity index (χ2v) is 6.61. The van der Waals surface area contributed by atoms with Crippen molar-refractivity contribution in [2.24, 2.45) is 11.7 Å². The number of nitrogens with zero attached hydrogens (tertiary/aromatic N) is 1. The Morgan fingerprint density at radius 3 is 2.58 bits per heavy atom. The number of amides is 2. The third kappa shape index (κ3) is 4.59. The van der Waals surface area contributed by atoms with Gasteiger partial charge in [0, 0.05) is 31.6 Å². The van der Waals surface area contributed by atoms with E-state index >= 15 is 0 Å². The van der Waals surface area contributed by atoms with E-state index in [1.165, 1.54) is 0 Å². The number of carbonyl (C=O) groups is 2. The number of rotatable bonds is 4. The maximum atomic E-state index is 12.7. The predicted molar refractivity (Wildman–Crippen MR) is 99.6 cm³/mol. The number of halogens is 1. The lowest BCUT2D eigenvalue weighted by atomic mass is 10.0. The molecule has 2 amide bonds. The highest BCUT2D eigenvalue weighted by Crippen LogP contribution is 2.31. The van der Waals surface area contributed by atoms with E-state index in [1.807, 2.05) is 25.1 Å². The topological polar surface area (TPSA) is 93.9 Å². The van der Waals surface area contributed by atoms with Crippen LogP contribution in [0.2, 0.25) is 0 Å². The van der Waals surface area contributed by atoms with Crippen LogP contribution in [0, 0.1) is 5.92 Å². The van der Waals surface area contributed by atoms with E-state index in [-0.39, 0.29) is 42.8 Å². The first-order valence-electron chi connectivity index (χ1n) is 8.76. The van der Waals surface area contributed by atoms with Crippen LogP contribution in [0.15, 0.2) is 24.3 Å². The molecule has 144 valence electrons. The Morgan fingerprint density at radius 1 is 1.27 bits per heavy atom. The van der Waals surface area contributed by atoms with Crippen LogP contribution in [0.4, 0.5) is 0 Å². The van der Waals surface area contributed by atoms with E-state index in [1.54, 1.807) is 11.0 Å². The third-order valence-electron chi connectivity index (χ3n) is 4.74. The highest BCUT2D eigenvalue weighted by Gasteiger charge is 2.33. The number of carbonyl (C=O) groups excluding carboxylic acids is 2. The van der Waals surface area contributed by atoms with Crippen LogP contribution in [-0.2, 0) is 9.59 Å². The van der Waals surface area contributed by atoms with E-state index in [4.69, 9.17) is 15.2 Å². The van der Waals surface area contributed by atoms with Gasteiger partial charge in [0.25, 0.3) is 5.91 Å². The van der Waals surface area contributed by atoms with Crippen molar-refractivity contribution < 1.29 is 19.1 Å². The molecule has 2 unspecified atom stereocenters. The van der Waals surface area contributed by atoms with Crippen molar-refractivity contribution in [3.05, 3.63) is 24.3 Å². The SMILES string of the molecule is CC(CN)C(=O)NC1CCN(C(=O)C2COc3ccccc3O2)CC1.Cl. The molecule has 0 aromatic heterocycles. The molecule has 3 rings (SSSR count).